The van der Waals surface area contributed by atoms with Gasteiger partial charge in [-0.2, -0.15) is 36.4 Å². The molecule has 0 fully saturated rings. The Morgan fingerprint density at radius 3 is 0.812 bits per heavy atom. The maximum Gasteiger partial charge on any atom is 0 e. The van der Waals surface area contributed by atoms with Crippen LogP contribution in [0.3, 0.4) is 0 Å². The van der Waals surface area contributed by atoms with Crippen molar-refractivity contribution in [3.8, 4) is 0 Å². The Morgan fingerprint density at radius 1 is 0.438 bits per heavy atom. The van der Waals surface area contributed by atoms with E-state index in [1.807, 2.05) is 91.0 Å². The third-order valence-corrected chi connectivity index (χ3v) is 1.67. The van der Waals surface area contributed by atoms with Crippen molar-refractivity contribution in [2.75, 3.05) is 0 Å². The van der Waals surface area contributed by atoms with Gasteiger partial charge >= 0.3 is 0 Å². The first-order valence-corrected chi connectivity index (χ1v) is 5.00. The minimum absolute atomic E-state index is 0. The van der Waals surface area contributed by atoms with Crippen LogP contribution in [0.2, 0.25) is 0 Å². The predicted octanol–water partition coefficient (Wildman–Crippen LogP) is 4.21. The van der Waals surface area contributed by atoms with E-state index < -0.39 is 0 Å². The van der Waals surface area contributed by atoms with Crippen molar-refractivity contribution in [1.82, 2.24) is 0 Å². The van der Waals surface area contributed by atoms with Crippen LogP contribution in [0.5, 0.6) is 0 Å². The van der Waals surface area contributed by atoms with Crippen molar-refractivity contribution >= 4 is 0 Å². The molecule has 0 aliphatic rings. The van der Waals surface area contributed by atoms with Gasteiger partial charge < -0.3 is 30.3 Å². The molecule has 0 bridgehead atoms. The van der Waals surface area contributed by atoms with E-state index in [1.54, 1.807) is 0 Å². The van der Waals surface area contributed by atoms with Crippen LogP contribution in [0.4, 0.5) is 0 Å². The predicted molar refractivity (Wildman–Crippen MR) is 66.1 cm³/mol. The first-order chi connectivity index (χ1) is 7.50. The van der Waals surface area contributed by atoms with E-state index >= 15 is 0 Å². The van der Waals surface area contributed by atoms with Crippen LogP contribution in [0.25, 0.3) is 0 Å². The molecule has 86 valence electrons. The Bertz CT molecular complexity index is 237. The average molecular weight is 243 g/mol. The van der Waals surface area contributed by atoms with E-state index in [2.05, 4.69) is 0 Å². The van der Waals surface area contributed by atoms with Crippen molar-refractivity contribution in [3.05, 3.63) is 91.0 Å². The SMILES string of the molecule is [Ti].[cH-]1[cH-][cH-][cH-][cH-]1.c1cc[cH-]c1.c1cc[cH-]c1. The molecule has 3 aromatic rings. The van der Waals surface area contributed by atoms with Crippen molar-refractivity contribution in [2.45, 2.75) is 0 Å². The second-order valence-corrected chi connectivity index (χ2v) is 2.89. The third kappa shape index (κ3) is 9.32. The fraction of sp³-hybridized carbons (Fsp3) is 0. The molecule has 0 spiro atoms. The van der Waals surface area contributed by atoms with Gasteiger partial charge in [-0.3, -0.25) is 0 Å². The Balaban J connectivity index is 0.000000205. The van der Waals surface area contributed by atoms with Crippen LogP contribution >= 0.6 is 0 Å². The number of hydrogen-bond acceptors (Lipinski definition) is 0. The van der Waals surface area contributed by atoms with Crippen LogP contribution in [-0.4, -0.2) is 0 Å². The maximum atomic E-state index is 2.00. The molecule has 0 atom stereocenters. The van der Waals surface area contributed by atoms with Crippen LogP contribution in [-0.2, 0) is 21.7 Å². The van der Waals surface area contributed by atoms with Gasteiger partial charge in [-0.05, 0) is 0 Å². The van der Waals surface area contributed by atoms with Gasteiger partial charge in [0.1, 0.15) is 0 Å². The van der Waals surface area contributed by atoms with Crippen molar-refractivity contribution < 1.29 is 21.7 Å². The van der Waals surface area contributed by atoms with Crippen molar-refractivity contribution in [3.63, 3.8) is 0 Å². The fourth-order valence-corrected chi connectivity index (χ4v) is 0.962. The standard InChI is InChI=1S/3C5H5.Ti/c3*1-2-4-5-3-1;/h3*1-5H;/q-5;2*-1;. The molecular formula is C15H15Ti-7. The minimum Gasteiger partial charge on any atom is -0.748 e. The van der Waals surface area contributed by atoms with Gasteiger partial charge in [0.25, 0.3) is 0 Å². The number of rotatable bonds is 0. The molecule has 0 N–H and O–H groups in total. The Kier molecular flexibility index (Phi) is 10.9. The Morgan fingerprint density at radius 2 is 0.688 bits per heavy atom. The first-order valence-electron chi connectivity index (χ1n) is 5.00. The van der Waals surface area contributed by atoms with Gasteiger partial charge in [0, 0.05) is 21.7 Å². The smallest absolute Gasteiger partial charge is 0 e. The van der Waals surface area contributed by atoms with E-state index in [9.17, 15) is 0 Å². The molecule has 16 heavy (non-hydrogen) atoms. The van der Waals surface area contributed by atoms with E-state index in [0.717, 1.165) is 0 Å². The van der Waals surface area contributed by atoms with Crippen molar-refractivity contribution in [2.24, 2.45) is 0 Å². The molecule has 0 aliphatic carbocycles. The molecule has 0 unspecified atom stereocenters. The molecule has 0 aromatic heterocycles. The number of hydrogen-bond donors (Lipinski definition) is 0. The van der Waals surface area contributed by atoms with Crippen molar-refractivity contribution in [1.29, 1.82) is 0 Å². The monoisotopic (exact) mass is 243 g/mol. The van der Waals surface area contributed by atoms with E-state index in [0.29, 0.717) is 0 Å². The van der Waals surface area contributed by atoms with Gasteiger partial charge in [-0.1, -0.05) is 0 Å². The first kappa shape index (κ1) is 14.8. The molecular weight excluding hydrogens is 228 g/mol. The zero-order valence-corrected chi connectivity index (χ0v) is 10.7. The van der Waals surface area contributed by atoms with Gasteiger partial charge in [0.05, 0.1) is 0 Å². The summed E-state index contributed by atoms with van der Waals surface area (Å²) in [5.41, 5.74) is 0. The minimum atomic E-state index is 0. The summed E-state index contributed by atoms with van der Waals surface area (Å²) in [4.78, 5) is 0. The average Bonchev–Trinajstić information content (AvgIpc) is 3.09. The zero-order valence-electron chi connectivity index (χ0n) is 9.16. The summed E-state index contributed by atoms with van der Waals surface area (Å²) in [6.07, 6.45) is 0. The molecule has 0 nitrogen and oxygen atoms in total. The summed E-state index contributed by atoms with van der Waals surface area (Å²) in [7, 11) is 0. The molecule has 0 amide bonds. The summed E-state index contributed by atoms with van der Waals surface area (Å²) < 4.78 is 0. The summed E-state index contributed by atoms with van der Waals surface area (Å²) in [5, 5.41) is 0. The normalized spacial score (nSPS) is 7.50. The van der Waals surface area contributed by atoms with Crippen LogP contribution in [0.15, 0.2) is 91.0 Å². The Hall–Kier alpha value is -1.24. The molecule has 3 aromatic carbocycles. The molecule has 0 radical (unpaired) electrons. The van der Waals surface area contributed by atoms with Gasteiger partial charge in [0.15, 0.2) is 0 Å². The summed E-state index contributed by atoms with van der Waals surface area (Å²) in [6, 6.07) is 30.0. The van der Waals surface area contributed by atoms with Gasteiger partial charge in [-0.25, -0.2) is 24.3 Å². The molecule has 1 heteroatoms. The van der Waals surface area contributed by atoms with Crippen LogP contribution in [0.1, 0.15) is 0 Å². The van der Waals surface area contributed by atoms with E-state index in [4.69, 9.17) is 0 Å². The van der Waals surface area contributed by atoms with Gasteiger partial charge in [-0.15, -0.1) is 0 Å². The summed E-state index contributed by atoms with van der Waals surface area (Å²) >= 11 is 0. The van der Waals surface area contributed by atoms with E-state index in [1.165, 1.54) is 0 Å². The second kappa shape index (κ2) is 11.8. The maximum absolute atomic E-state index is 2.00. The van der Waals surface area contributed by atoms with Crippen LogP contribution < -0.4 is 0 Å². The second-order valence-electron chi connectivity index (χ2n) is 2.89. The zero-order chi connectivity index (χ0) is 10.6. The largest absolute Gasteiger partial charge is 0.748 e. The molecule has 3 rings (SSSR count). The fourth-order valence-electron chi connectivity index (χ4n) is 0.962. The Labute approximate surface area is 113 Å². The van der Waals surface area contributed by atoms with E-state index in [-0.39, 0.29) is 21.7 Å². The molecule has 0 saturated carbocycles. The summed E-state index contributed by atoms with van der Waals surface area (Å²) in [5.74, 6) is 0. The summed E-state index contributed by atoms with van der Waals surface area (Å²) in [6.45, 7) is 0. The van der Waals surface area contributed by atoms with Crippen LogP contribution in [0, 0.1) is 0 Å². The third-order valence-electron chi connectivity index (χ3n) is 1.67. The topological polar surface area (TPSA) is 0 Å². The molecule has 0 saturated heterocycles. The molecule has 0 aliphatic heterocycles. The van der Waals surface area contributed by atoms with Gasteiger partial charge in [0.2, 0.25) is 0 Å². The molecule has 0 heterocycles. The quantitative estimate of drug-likeness (QED) is 0.409.